The van der Waals surface area contributed by atoms with E-state index >= 15 is 0 Å². The summed E-state index contributed by atoms with van der Waals surface area (Å²) in [4.78, 5) is 16.1. The minimum atomic E-state index is -0.352. The number of carbonyl (C=O) groups excluding carboxylic acids is 1. The van der Waals surface area contributed by atoms with E-state index in [1.807, 2.05) is 18.2 Å². The van der Waals surface area contributed by atoms with Gasteiger partial charge in [0.2, 0.25) is 0 Å². The maximum atomic E-state index is 12.3. The Balaban J connectivity index is 1.66. The molecule has 0 radical (unpaired) electrons. The lowest BCUT2D eigenvalue weighted by Crippen LogP contribution is -2.49. The van der Waals surface area contributed by atoms with Gasteiger partial charge in [0.05, 0.1) is 12.3 Å². The minimum absolute atomic E-state index is 0.106. The third-order valence-corrected chi connectivity index (χ3v) is 4.22. The Morgan fingerprint density at radius 3 is 2.61 bits per heavy atom. The molecule has 0 spiro atoms. The molecule has 1 amide bonds. The molecule has 0 bridgehead atoms. The van der Waals surface area contributed by atoms with Crippen molar-refractivity contribution in [1.29, 1.82) is 5.26 Å². The average molecular weight is 330 g/mol. The fourth-order valence-electron chi connectivity index (χ4n) is 2.78. The van der Waals surface area contributed by atoms with Crippen molar-refractivity contribution in [2.45, 2.75) is 6.04 Å². The Morgan fingerprint density at radius 2 is 2.00 bits per heavy atom. The maximum Gasteiger partial charge on any atom is 0.289 e. The fourth-order valence-corrected chi connectivity index (χ4v) is 2.98. The molecular weight excluding hydrogens is 314 g/mol. The Kier molecular flexibility index (Phi) is 4.65. The summed E-state index contributed by atoms with van der Waals surface area (Å²) >= 11 is 6.02. The molecule has 0 saturated carbocycles. The van der Waals surface area contributed by atoms with Gasteiger partial charge in [-0.2, -0.15) is 5.26 Å². The lowest BCUT2D eigenvalue weighted by atomic mass is 10.1. The number of halogens is 1. The van der Waals surface area contributed by atoms with Gasteiger partial charge in [0.15, 0.2) is 5.76 Å². The normalized spacial score (nSPS) is 16.8. The van der Waals surface area contributed by atoms with Crippen LogP contribution in [-0.4, -0.2) is 41.9 Å². The minimum Gasteiger partial charge on any atom is -0.459 e. The van der Waals surface area contributed by atoms with Gasteiger partial charge < -0.3 is 9.32 Å². The molecule has 1 aromatic heterocycles. The number of nitriles is 1. The Bertz CT molecular complexity index is 716. The summed E-state index contributed by atoms with van der Waals surface area (Å²) in [5, 5.41) is 10.1. The molecule has 1 unspecified atom stereocenters. The molecule has 0 aliphatic carbocycles. The van der Waals surface area contributed by atoms with Crippen LogP contribution in [-0.2, 0) is 0 Å². The number of nitrogens with zero attached hydrogens (tertiary/aromatic N) is 3. The highest BCUT2D eigenvalue weighted by Crippen LogP contribution is 2.24. The first-order valence-electron chi connectivity index (χ1n) is 7.41. The van der Waals surface area contributed by atoms with Gasteiger partial charge in [-0.05, 0) is 29.8 Å². The number of hydrogen-bond donors (Lipinski definition) is 0. The van der Waals surface area contributed by atoms with E-state index in [0.717, 1.165) is 5.56 Å². The first-order chi connectivity index (χ1) is 11.2. The zero-order chi connectivity index (χ0) is 16.2. The number of benzene rings is 1. The zero-order valence-electron chi connectivity index (χ0n) is 12.5. The van der Waals surface area contributed by atoms with Gasteiger partial charge in [-0.3, -0.25) is 9.69 Å². The quantitative estimate of drug-likeness (QED) is 0.868. The second kappa shape index (κ2) is 6.86. The molecule has 0 N–H and O–H groups in total. The van der Waals surface area contributed by atoms with Crippen LogP contribution in [0.1, 0.15) is 22.2 Å². The van der Waals surface area contributed by atoms with Crippen molar-refractivity contribution in [3.8, 4) is 6.07 Å². The Morgan fingerprint density at radius 1 is 1.22 bits per heavy atom. The van der Waals surface area contributed by atoms with E-state index in [-0.39, 0.29) is 11.9 Å². The van der Waals surface area contributed by atoms with Crippen molar-refractivity contribution in [2.75, 3.05) is 26.2 Å². The van der Waals surface area contributed by atoms with Crippen molar-refractivity contribution >= 4 is 17.5 Å². The molecule has 3 rings (SSSR count). The number of amides is 1. The topological polar surface area (TPSA) is 60.5 Å². The van der Waals surface area contributed by atoms with Crippen molar-refractivity contribution in [3.05, 3.63) is 59.0 Å². The highest BCUT2D eigenvalue weighted by molar-refractivity contribution is 6.30. The molecule has 2 heterocycles. The van der Waals surface area contributed by atoms with Gasteiger partial charge in [-0.25, -0.2) is 0 Å². The summed E-state index contributed by atoms with van der Waals surface area (Å²) in [5.41, 5.74) is 0.880. The van der Waals surface area contributed by atoms with E-state index in [4.69, 9.17) is 16.0 Å². The fraction of sp³-hybridized carbons (Fsp3) is 0.294. The summed E-state index contributed by atoms with van der Waals surface area (Å²) in [5.74, 6) is 0.246. The van der Waals surface area contributed by atoms with Crippen LogP contribution in [0.2, 0.25) is 5.02 Å². The number of piperazine rings is 1. The molecule has 1 atom stereocenters. The highest BCUT2D eigenvalue weighted by Gasteiger charge is 2.28. The predicted molar refractivity (Wildman–Crippen MR) is 86.0 cm³/mol. The van der Waals surface area contributed by atoms with Crippen LogP contribution in [0.15, 0.2) is 47.1 Å². The SMILES string of the molecule is N#CC(c1cccc(Cl)c1)N1CCN(C(=O)c2ccco2)CC1. The van der Waals surface area contributed by atoms with Crippen molar-refractivity contribution < 1.29 is 9.21 Å². The zero-order valence-corrected chi connectivity index (χ0v) is 13.2. The number of furan rings is 1. The van der Waals surface area contributed by atoms with Gasteiger partial charge >= 0.3 is 0 Å². The molecule has 1 aliphatic heterocycles. The van der Waals surface area contributed by atoms with Crippen molar-refractivity contribution in [2.24, 2.45) is 0 Å². The van der Waals surface area contributed by atoms with Crippen LogP contribution >= 0.6 is 11.6 Å². The molecule has 1 aliphatic rings. The van der Waals surface area contributed by atoms with E-state index in [9.17, 15) is 10.1 Å². The summed E-state index contributed by atoms with van der Waals surface area (Å²) in [6.07, 6.45) is 1.49. The molecule has 6 heteroatoms. The Labute approximate surface area is 139 Å². The number of hydrogen-bond acceptors (Lipinski definition) is 4. The molecule has 23 heavy (non-hydrogen) atoms. The summed E-state index contributed by atoms with van der Waals surface area (Å²) < 4.78 is 5.15. The molecule has 1 fully saturated rings. The first-order valence-corrected chi connectivity index (χ1v) is 7.79. The van der Waals surface area contributed by atoms with E-state index in [1.54, 1.807) is 23.1 Å². The summed E-state index contributed by atoms with van der Waals surface area (Å²) in [7, 11) is 0. The second-order valence-electron chi connectivity index (χ2n) is 5.39. The van der Waals surface area contributed by atoms with Gasteiger partial charge in [0, 0.05) is 31.2 Å². The van der Waals surface area contributed by atoms with Crippen LogP contribution in [0, 0.1) is 11.3 Å². The van der Waals surface area contributed by atoms with Crippen LogP contribution in [0.4, 0.5) is 0 Å². The predicted octanol–water partition coefficient (Wildman–Crippen LogP) is 2.96. The van der Waals surface area contributed by atoms with Gasteiger partial charge in [-0.15, -0.1) is 0 Å². The van der Waals surface area contributed by atoms with Gasteiger partial charge in [0.1, 0.15) is 6.04 Å². The molecule has 1 saturated heterocycles. The monoisotopic (exact) mass is 329 g/mol. The number of rotatable bonds is 3. The van der Waals surface area contributed by atoms with E-state index in [0.29, 0.717) is 37.0 Å². The second-order valence-corrected chi connectivity index (χ2v) is 5.83. The first kappa shape index (κ1) is 15.6. The lowest BCUT2D eigenvalue weighted by molar-refractivity contribution is 0.0576. The third-order valence-electron chi connectivity index (χ3n) is 3.99. The largest absolute Gasteiger partial charge is 0.459 e. The Hall–Kier alpha value is -2.29. The maximum absolute atomic E-state index is 12.3. The van der Waals surface area contributed by atoms with Crippen LogP contribution in [0.3, 0.4) is 0 Å². The van der Waals surface area contributed by atoms with Crippen molar-refractivity contribution in [3.63, 3.8) is 0 Å². The third kappa shape index (κ3) is 3.39. The highest BCUT2D eigenvalue weighted by atomic mass is 35.5. The lowest BCUT2D eigenvalue weighted by Gasteiger charge is -2.36. The molecular formula is C17H16ClN3O2. The molecule has 1 aromatic carbocycles. The summed E-state index contributed by atoms with van der Waals surface area (Å²) in [6, 6.07) is 12.7. The van der Waals surface area contributed by atoms with E-state index in [1.165, 1.54) is 6.26 Å². The number of carbonyl (C=O) groups is 1. The standard InChI is InChI=1S/C17H16ClN3O2/c18-14-4-1-3-13(11-14)15(12-19)20-6-8-21(9-7-20)17(22)16-5-2-10-23-16/h1-5,10-11,15H,6-9H2. The van der Waals surface area contributed by atoms with Crippen LogP contribution < -0.4 is 0 Å². The van der Waals surface area contributed by atoms with Crippen LogP contribution in [0.25, 0.3) is 0 Å². The smallest absolute Gasteiger partial charge is 0.289 e. The molecule has 118 valence electrons. The van der Waals surface area contributed by atoms with E-state index in [2.05, 4.69) is 11.0 Å². The van der Waals surface area contributed by atoms with Crippen molar-refractivity contribution in [1.82, 2.24) is 9.80 Å². The average Bonchev–Trinajstić information content (AvgIpc) is 3.10. The van der Waals surface area contributed by atoms with E-state index < -0.39 is 0 Å². The molecule has 5 nitrogen and oxygen atoms in total. The summed E-state index contributed by atoms with van der Waals surface area (Å²) in [6.45, 7) is 2.41. The van der Waals surface area contributed by atoms with Crippen LogP contribution in [0.5, 0.6) is 0 Å². The molecule has 2 aromatic rings. The van der Waals surface area contributed by atoms with Gasteiger partial charge in [-0.1, -0.05) is 23.7 Å². The van der Waals surface area contributed by atoms with Gasteiger partial charge in [0.25, 0.3) is 5.91 Å².